The van der Waals surface area contributed by atoms with E-state index in [1.807, 2.05) is 37.7 Å². The van der Waals surface area contributed by atoms with Gasteiger partial charge in [-0.15, -0.1) is 0 Å². The van der Waals surface area contributed by atoms with E-state index in [1.165, 1.54) is 16.8 Å². The van der Waals surface area contributed by atoms with Crippen molar-refractivity contribution in [1.29, 1.82) is 0 Å². The van der Waals surface area contributed by atoms with Crippen LogP contribution in [0.4, 0.5) is 0 Å². The molecule has 1 aromatic carbocycles. The van der Waals surface area contributed by atoms with E-state index < -0.39 is 0 Å². The third-order valence-electron chi connectivity index (χ3n) is 6.46. The summed E-state index contributed by atoms with van der Waals surface area (Å²) in [7, 11) is 3.89. The fourth-order valence-corrected chi connectivity index (χ4v) is 4.71. The van der Waals surface area contributed by atoms with E-state index in [0.29, 0.717) is 6.54 Å². The maximum atomic E-state index is 12.1. The number of rotatable bonds is 4. The van der Waals surface area contributed by atoms with Crippen LogP contribution in [0.1, 0.15) is 20.3 Å². The molecule has 0 saturated heterocycles. The number of nitrogens with one attached hydrogen (secondary N) is 1. The summed E-state index contributed by atoms with van der Waals surface area (Å²) in [6, 6.07) is 6.38. The number of benzene rings is 1. The molecule has 1 aliphatic heterocycles. The first-order valence-electron chi connectivity index (χ1n) is 10.3. The smallest absolute Gasteiger partial charge is 0.219 e. The molecule has 5 rings (SSSR count). The molecule has 2 aliphatic rings. The van der Waals surface area contributed by atoms with Gasteiger partial charge in [-0.3, -0.25) is 9.48 Å². The van der Waals surface area contributed by atoms with Crippen molar-refractivity contribution in [3.63, 3.8) is 0 Å². The number of aromatic nitrogens is 4. The van der Waals surface area contributed by atoms with Crippen LogP contribution >= 0.6 is 0 Å². The minimum atomic E-state index is -0.322. The molecule has 0 spiro atoms. The molecule has 2 aromatic heterocycles. The average Bonchev–Trinajstić information content (AvgIpc) is 3.08. The number of hydrogen-bond donors (Lipinski definition) is 1. The van der Waals surface area contributed by atoms with Crippen LogP contribution in [0.15, 0.2) is 59.8 Å². The maximum absolute atomic E-state index is 12.1. The van der Waals surface area contributed by atoms with Gasteiger partial charge in [0, 0.05) is 63.6 Å². The Hall–Kier alpha value is -3.35. The number of carbonyl (C=O) groups excluding carboxylic acids is 1. The van der Waals surface area contributed by atoms with Gasteiger partial charge in [-0.2, -0.15) is 5.10 Å². The summed E-state index contributed by atoms with van der Waals surface area (Å²) in [6.45, 7) is 5.19. The highest BCUT2D eigenvalue weighted by Gasteiger charge is 2.49. The quantitative estimate of drug-likeness (QED) is 0.682. The lowest BCUT2D eigenvalue weighted by Crippen LogP contribution is -2.42. The number of fused-ring (bicyclic) bond motifs is 1. The summed E-state index contributed by atoms with van der Waals surface area (Å²) in [5.74, 6) is 0.118. The van der Waals surface area contributed by atoms with Crippen LogP contribution in [0.25, 0.3) is 22.2 Å². The minimum Gasteiger partial charge on any atom is -0.391 e. The van der Waals surface area contributed by atoms with E-state index in [1.54, 1.807) is 11.6 Å². The topological polar surface area (TPSA) is 68.0 Å². The maximum Gasteiger partial charge on any atom is 0.219 e. The highest BCUT2D eigenvalue weighted by Crippen LogP contribution is 2.51. The molecule has 30 heavy (non-hydrogen) atoms. The highest BCUT2D eigenvalue weighted by atomic mass is 16.2. The van der Waals surface area contributed by atoms with Gasteiger partial charge in [-0.25, -0.2) is 4.98 Å². The predicted molar refractivity (Wildman–Crippen MR) is 117 cm³/mol. The van der Waals surface area contributed by atoms with E-state index in [2.05, 4.69) is 46.2 Å². The van der Waals surface area contributed by atoms with Crippen molar-refractivity contribution >= 4 is 16.9 Å². The molecular formula is C23H26N6O. The van der Waals surface area contributed by atoms with Gasteiger partial charge in [0.2, 0.25) is 5.91 Å². The molecule has 3 aromatic rings. The first-order chi connectivity index (χ1) is 14.4. The standard InChI is InChI=1S/C23H26N6O/c1-15-10-23(15,19-13-28(16(2)30)8-7-20(19)24-3)29-14-25-21-9-17(5-6-22(21)29)18-11-26-27(4)12-18/h5-6,9-12,14,24H,7-8,13H2,1-4H3. The number of allylic oxidation sites excluding steroid dienone is 2. The molecule has 1 aliphatic carbocycles. The third-order valence-corrected chi connectivity index (χ3v) is 6.46. The monoisotopic (exact) mass is 402 g/mol. The summed E-state index contributed by atoms with van der Waals surface area (Å²) < 4.78 is 4.06. The molecule has 0 radical (unpaired) electrons. The Morgan fingerprint density at radius 3 is 2.70 bits per heavy atom. The lowest BCUT2D eigenvalue weighted by Gasteiger charge is -2.36. The van der Waals surface area contributed by atoms with Crippen LogP contribution in [-0.2, 0) is 17.4 Å². The van der Waals surface area contributed by atoms with Crippen molar-refractivity contribution in [1.82, 2.24) is 29.5 Å². The van der Waals surface area contributed by atoms with Gasteiger partial charge in [-0.1, -0.05) is 6.07 Å². The lowest BCUT2D eigenvalue weighted by molar-refractivity contribution is -0.128. The molecule has 154 valence electrons. The van der Waals surface area contributed by atoms with E-state index in [4.69, 9.17) is 4.98 Å². The number of hydrogen-bond acceptors (Lipinski definition) is 4. The van der Waals surface area contributed by atoms with Crippen LogP contribution < -0.4 is 5.32 Å². The Labute approximate surface area is 175 Å². The zero-order valence-corrected chi connectivity index (χ0v) is 17.8. The number of nitrogens with zero attached hydrogens (tertiary/aromatic N) is 5. The van der Waals surface area contributed by atoms with Crippen LogP contribution in [0, 0.1) is 0 Å². The summed E-state index contributed by atoms with van der Waals surface area (Å²) in [5, 5.41) is 7.66. The summed E-state index contributed by atoms with van der Waals surface area (Å²) in [4.78, 5) is 18.7. The fraction of sp³-hybridized carbons (Fsp3) is 0.348. The van der Waals surface area contributed by atoms with Gasteiger partial charge >= 0.3 is 0 Å². The van der Waals surface area contributed by atoms with Gasteiger partial charge in [0.05, 0.1) is 23.6 Å². The molecule has 1 unspecified atom stereocenters. The molecule has 7 nitrogen and oxygen atoms in total. The number of amides is 1. The Morgan fingerprint density at radius 2 is 2.07 bits per heavy atom. The lowest BCUT2D eigenvalue weighted by atomic mass is 9.92. The predicted octanol–water partition coefficient (Wildman–Crippen LogP) is 2.82. The average molecular weight is 403 g/mol. The van der Waals surface area contributed by atoms with Gasteiger partial charge in [0.1, 0.15) is 5.54 Å². The molecule has 0 bridgehead atoms. The van der Waals surface area contributed by atoms with E-state index in [0.717, 1.165) is 35.1 Å². The second-order valence-corrected chi connectivity index (χ2v) is 8.21. The van der Waals surface area contributed by atoms with Gasteiger partial charge in [0.15, 0.2) is 0 Å². The number of carbonyl (C=O) groups is 1. The van der Waals surface area contributed by atoms with Gasteiger partial charge in [0.25, 0.3) is 0 Å². The third kappa shape index (κ3) is 2.69. The first-order valence-corrected chi connectivity index (χ1v) is 10.3. The molecule has 1 atom stereocenters. The number of imidazole rings is 1. The SMILES string of the molecule is CNC1=C(C2(n3cnc4cc(-c5cnn(C)c5)ccc43)C=C2C)CN(C(C)=O)CC1. The van der Waals surface area contributed by atoms with Crippen LogP contribution in [0.3, 0.4) is 0 Å². The van der Waals surface area contributed by atoms with Crippen molar-refractivity contribution in [2.75, 3.05) is 20.1 Å². The number of aryl methyl sites for hydroxylation is 1. The second kappa shape index (κ2) is 6.58. The van der Waals surface area contributed by atoms with E-state index in [-0.39, 0.29) is 11.4 Å². The van der Waals surface area contributed by atoms with Crippen LogP contribution in [0.5, 0.6) is 0 Å². The molecule has 0 fully saturated rings. The van der Waals surface area contributed by atoms with Gasteiger partial charge in [-0.05, 0) is 36.3 Å². The Balaban J connectivity index is 1.59. The first kappa shape index (κ1) is 18.7. The summed E-state index contributed by atoms with van der Waals surface area (Å²) in [6.07, 6.45) is 8.92. The van der Waals surface area contributed by atoms with E-state index >= 15 is 0 Å². The minimum absolute atomic E-state index is 0.118. The molecule has 1 N–H and O–H groups in total. The molecular weight excluding hydrogens is 376 g/mol. The molecule has 0 saturated carbocycles. The van der Waals surface area contributed by atoms with Gasteiger partial charge < -0.3 is 14.8 Å². The molecule has 1 amide bonds. The zero-order valence-electron chi connectivity index (χ0n) is 17.8. The van der Waals surface area contributed by atoms with Crippen molar-refractivity contribution in [2.24, 2.45) is 7.05 Å². The van der Waals surface area contributed by atoms with Crippen molar-refractivity contribution in [3.05, 3.63) is 59.8 Å². The molecule has 7 heteroatoms. The summed E-state index contributed by atoms with van der Waals surface area (Å²) in [5.41, 5.74) is 7.63. The Morgan fingerprint density at radius 1 is 1.27 bits per heavy atom. The van der Waals surface area contributed by atoms with Crippen LogP contribution in [0.2, 0.25) is 0 Å². The highest BCUT2D eigenvalue weighted by molar-refractivity contribution is 5.83. The fourth-order valence-electron chi connectivity index (χ4n) is 4.71. The second-order valence-electron chi connectivity index (χ2n) is 8.21. The van der Waals surface area contributed by atoms with Crippen molar-refractivity contribution < 1.29 is 4.79 Å². The Bertz CT molecular complexity index is 1230. The van der Waals surface area contributed by atoms with E-state index in [9.17, 15) is 4.79 Å². The normalized spacial score (nSPS) is 21.2. The largest absolute Gasteiger partial charge is 0.391 e. The van der Waals surface area contributed by atoms with Crippen LogP contribution in [-0.4, -0.2) is 50.3 Å². The Kier molecular flexibility index (Phi) is 4.10. The van der Waals surface area contributed by atoms with Crippen molar-refractivity contribution in [3.8, 4) is 11.1 Å². The zero-order chi connectivity index (χ0) is 21.0. The summed E-state index contributed by atoms with van der Waals surface area (Å²) >= 11 is 0. The van der Waals surface area contributed by atoms with Crippen molar-refractivity contribution in [2.45, 2.75) is 25.8 Å². The molecule has 3 heterocycles.